The highest BCUT2D eigenvalue weighted by molar-refractivity contribution is 6.16. The van der Waals surface area contributed by atoms with E-state index in [9.17, 15) is 14.7 Å². The molecule has 0 aliphatic rings. The molecule has 4 heteroatoms. The number of carbonyl (C=O) groups is 2. The number of aromatic carboxylic acids is 1. The maximum Gasteiger partial charge on any atom is 0.337 e. The van der Waals surface area contributed by atoms with Crippen LogP contribution in [0, 0.1) is 20.8 Å². The van der Waals surface area contributed by atoms with Gasteiger partial charge in [-0.2, -0.15) is 0 Å². The van der Waals surface area contributed by atoms with Crippen molar-refractivity contribution in [2.24, 2.45) is 0 Å². The smallest absolute Gasteiger partial charge is 0.337 e. The number of ketones is 1. The predicted octanol–water partition coefficient (Wildman–Crippen LogP) is 3.61. The van der Waals surface area contributed by atoms with Crippen molar-refractivity contribution < 1.29 is 14.7 Å². The Morgan fingerprint density at radius 3 is 1.96 bits per heavy atom. The molecule has 4 nitrogen and oxygen atoms in total. The van der Waals surface area contributed by atoms with E-state index in [1.165, 1.54) is 6.07 Å². The van der Waals surface area contributed by atoms with Gasteiger partial charge in [0.15, 0.2) is 5.78 Å². The summed E-state index contributed by atoms with van der Waals surface area (Å²) in [5.74, 6) is -1.19. The number of nitrogens with zero attached hydrogens (tertiary/aromatic N) is 1. The quantitative estimate of drug-likeness (QED) is 0.876. The number of carboxylic acid groups (broad SMARTS) is 1. The van der Waals surface area contributed by atoms with E-state index >= 15 is 0 Å². The first-order valence-corrected chi connectivity index (χ1v) is 7.40. The fraction of sp³-hybridized carbons (Fsp3) is 0.263. The highest BCUT2D eigenvalue weighted by Gasteiger charge is 2.23. The molecule has 2 aromatic rings. The van der Waals surface area contributed by atoms with Gasteiger partial charge in [0.2, 0.25) is 0 Å². The third-order valence-corrected chi connectivity index (χ3v) is 3.86. The molecule has 2 aromatic carbocycles. The van der Waals surface area contributed by atoms with Crippen molar-refractivity contribution in [2.45, 2.75) is 20.8 Å². The number of anilines is 1. The van der Waals surface area contributed by atoms with Crippen molar-refractivity contribution in [1.82, 2.24) is 0 Å². The maximum atomic E-state index is 13.1. The average molecular weight is 311 g/mol. The van der Waals surface area contributed by atoms with E-state index in [0.717, 1.165) is 16.7 Å². The number of hydrogen-bond acceptors (Lipinski definition) is 3. The van der Waals surface area contributed by atoms with Gasteiger partial charge in [-0.15, -0.1) is 0 Å². The van der Waals surface area contributed by atoms with Gasteiger partial charge in [0.25, 0.3) is 0 Å². The summed E-state index contributed by atoms with van der Waals surface area (Å²) in [6.07, 6.45) is 0. The lowest BCUT2D eigenvalue weighted by Gasteiger charge is -2.20. The minimum atomic E-state index is -1.04. The van der Waals surface area contributed by atoms with Crippen LogP contribution in [0.15, 0.2) is 30.3 Å². The van der Waals surface area contributed by atoms with Crippen molar-refractivity contribution in [1.29, 1.82) is 0 Å². The Hall–Kier alpha value is -2.62. The maximum absolute atomic E-state index is 13.1. The Kier molecular flexibility index (Phi) is 4.55. The van der Waals surface area contributed by atoms with Crippen LogP contribution >= 0.6 is 0 Å². The first-order chi connectivity index (χ1) is 10.7. The SMILES string of the molecule is Cc1cc(C)c(C(=O)c2cccc(C(=O)O)c2N(C)C)c(C)c1. The van der Waals surface area contributed by atoms with Crippen LogP contribution in [0.4, 0.5) is 5.69 Å². The lowest BCUT2D eigenvalue weighted by Crippen LogP contribution is -2.19. The first kappa shape index (κ1) is 16.7. The molecule has 120 valence electrons. The molecule has 0 spiro atoms. The van der Waals surface area contributed by atoms with Crippen LogP contribution in [0.3, 0.4) is 0 Å². The van der Waals surface area contributed by atoms with Crippen molar-refractivity contribution in [2.75, 3.05) is 19.0 Å². The fourth-order valence-electron chi connectivity index (χ4n) is 3.05. The van der Waals surface area contributed by atoms with Gasteiger partial charge in [0.05, 0.1) is 11.3 Å². The molecule has 2 rings (SSSR count). The molecule has 1 N–H and O–H groups in total. The van der Waals surface area contributed by atoms with Gasteiger partial charge in [0.1, 0.15) is 0 Å². The summed E-state index contributed by atoms with van der Waals surface area (Å²) in [5.41, 5.74) is 4.51. The van der Waals surface area contributed by atoms with Gasteiger partial charge in [-0.25, -0.2) is 4.79 Å². The van der Waals surface area contributed by atoms with Crippen molar-refractivity contribution >= 4 is 17.4 Å². The van der Waals surface area contributed by atoms with Crippen LogP contribution in [0.5, 0.6) is 0 Å². The molecule has 0 aliphatic carbocycles. The highest BCUT2D eigenvalue weighted by Crippen LogP contribution is 2.29. The molecule has 0 bridgehead atoms. The molecular weight excluding hydrogens is 290 g/mol. The van der Waals surface area contributed by atoms with E-state index in [1.54, 1.807) is 31.1 Å². The zero-order valence-electron chi connectivity index (χ0n) is 14.1. The standard InChI is InChI=1S/C19H21NO3/c1-11-9-12(2)16(13(3)10-11)18(21)14-7-6-8-15(19(22)23)17(14)20(4)5/h6-10H,1-5H3,(H,22,23). The Labute approximate surface area is 136 Å². The monoisotopic (exact) mass is 311 g/mol. The topological polar surface area (TPSA) is 57.6 Å². The predicted molar refractivity (Wildman–Crippen MR) is 91.8 cm³/mol. The minimum Gasteiger partial charge on any atom is -0.478 e. The Balaban J connectivity index is 2.70. The molecule has 0 amide bonds. The zero-order chi connectivity index (χ0) is 17.3. The third kappa shape index (κ3) is 3.11. The van der Waals surface area contributed by atoms with E-state index in [0.29, 0.717) is 16.8 Å². The molecule has 0 heterocycles. The van der Waals surface area contributed by atoms with Crippen LogP contribution in [0.2, 0.25) is 0 Å². The summed E-state index contributed by atoms with van der Waals surface area (Å²) < 4.78 is 0. The molecule has 0 saturated heterocycles. The van der Waals surface area contributed by atoms with Gasteiger partial charge in [-0.1, -0.05) is 23.8 Å². The van der Waals surface area contributed by atoms with Crippen LogP contribution in [0.25, 0.3) is 0 Å². The van der Waals surface area contributed by atoms with Gasteiger partial charge in [-0.3, -0.25) is 4.79 Å². The largest absolute Gasteiger partial charge is 0.478 e. The summed E-state index contributed by atoms with van der Waals surface area (Å²) in [6.45, 7) is 5.80. The molecule has 0 radical (unpaired) electrons. The molecule has 23 heavy (non-hydrogen) atoms. The van der Waals surface area contributed by atoms with Crippen LogP contribution in [-0.2, 0) is 0 Å². The van der Waals surface area contributed by atoms with Crippen LogP contribution in [0.1, 0.15) is 43.0 Å². The van der Waals surface area contributed by atoms with Crippen molar-refractivity contribution in [3.8, 4) is 0 Å². The fourth-order valence-corrected chi connectivity index (χ4v) is 3.05. The Morgan fingerprint density at radius 2 is 1.48 bits per heavy atom. The second-order valence-electron chi connectivity index (χ2n) is 6.00. The van der Waals surface area contributed by atoms with Gasteiger partial charge in [-0.05, 0) is 44.0 Å². The van der Waals surface area contributed by atoms with Gasteiger partial charge >= 0.3 is 5.97 Å². The summed E-state index contributed by atoms with van der Waals surface area (Å²) >= 11 is 0. The number of para-hydroxylation sites is 1. The second-order valence-corrected chi connectivity index (χ2v) is 6.00. The summed E-state index contributed by atoms with van der Waals surface area (Å²) in [6, 6.07) is 8.75. The van der Waals surface area contributed by atoms with Gasteiger partial charge in [0, 0.05) is 25.2 Å². The zero-order valence-corrected chi connectivity index (χ0v) is 14.1. The number of aryl methyl sites for hydroxylation is 3. The Morgan fingerprint density at radius 1 is 0.957 bits per heavy atom. The van der Waals surface area contributed by atoms with E-state index < -0.39 is 5.97 Å². The number of benzene rings is 2. The lowest BCUT2D eigenvalue weighted by molar-refractivity contribution is 0.0697. The van der Waals surface area contributed by atoms with E-state index in [2.05, 4.69) is 0 Å². The lowest BCUT2D eigenvalue weighted by atomic mass is 9.91. The van der Waals surface area contributed by atoms with E-state index in [-0.39, 0.29) is 11.3 Å². The molecular formula is C19H21NO3. The second kappa shape index (κ2) is 6.24. The highest BCUT2D eigenvalue weighted by atomic mass is 16.4. The van der Waals surface area contributed by atoms with Crippen molar-refractivity contribution in [3.05, 3.63) is 63.7 Å². The van der Waals surface area contributed by atoms with Gasteiger partial charge < -0.3 is 10.0 Å². The number of carbonyl (C=O) groups excluding carboxylic acids is 1. The number of hydrogen-bond donors (Lipinski definition) is 1. The first-order valence-electron chi connectivity index (χ1n) is 7.40. The molecule has 0 fully saturated rings. The molecule has 0 aromatic heterocycles. The average Bonchev–Trinajstić information content (AvgIpc) is 2.44. The van der Waals surface area contributed by atoms with Crippen molar-refractivity contribution in [3.63, 3.8) is 0 Å². The van der Waals surface area contributed by atoms with Crippen LogP contribution < -0.4 is 4.90 Å². The Bertz CT molecular complexity index is 768. The number of carboxylic acids is 1. The molecule has 0 saturated carbocycles. The van der Waals surface area contributed by atoms with E-state index in [1.807, 2.05) is 32.9 Å². The summed E-state index contributed by atoms with van der Waals surface area (Å²) in [4.78, 5) is 26.2. The molecule has 0 atom stereocenters. The van der Waals surface area contributed by atoms with E-state index in [4.69, 9.17) is 0 Å². The normalized spacial score (nSPS) is 10.5. The summed E-state index contributed by atoms with van der Waals surface area (Å²) in [7, 11) is 3.49. The molecule has 0 unspecified atom stereocenters. The number of rotatable bonds is 4. The molecule has 0 aliphatic heterocycles. The minimum absolute atomic E-state index is 0.128. The summed E-state index contributed by atoms with van der Waals surface area (Å²) in [5, 5.41) is 9.40. The van der Waals surface area contributed by atoms with Crippen LogP contribution in [-0.4, -0.2) is 31.0 Å². The third-order valence-electron chi connectivity index (χ3n) is 3.86.